The minimum atomic E-state index is -4.67. The summed E-state index contributed by atoms with van der Waals surface area (Å²) in [5.74, 6) is 0. The number of nitrogens with two attached hydrogens (primary N) is 2. The molecule has 0 spiro atoms. The van der Waals surface area contributed by atoms with E-state index in [1.165, 1.54) is 23.5 Å². The van der Waals surface area contributed by atoms with Crippen LogP contribution in [0.3, 0.4) is 0 Å². The molecule has 0 aromatic rings. The van der Waals surface area contributed by atoms with Gasteiger partial charge in [-0.2, -0.15) is 8.42 Å². The molecule has 13 heteroatoms. The van der Waals surface area contributed by atoms with Gasteiger partial charge in [-0.05, 0) is 38.5 Å². The fourth-order valence-corrected chi connectivity index (χ4v) is 4.22. The van der Waals surface area contributed by atoms with E-state index < -0.39 is 10.4 Å². The Bertz CT molecular complexity index is 493. The predicted molar refractivity (Wildman–Crippen MR) is 100 cm³/mol. The summed E-state index contributed by atoms with van der Waals surface area (Å²) in [6.07, 6.45) is 5.35. The summed E-state index contributed by atoms with van der Waals surface area (Å²) in [6.45, 7) is 0. The maximum Gasteiger partial charge on any atom is 0.394 e. The fraction of sp³-hybridized carbons (Fsp3) is 0.833. The van der Waals surface area contributed by atoms with Crippen molar-refractivity contribution in [2.75, 3.05) is 0 Å². The number of nitrogens with one attached hydrogen (secondary N) is 2. The molecule has 2 fully saturated rings. The van der Waals surface area contributed by atoms with Gasteiger partial charge in [-0.3, -0.25) is 19.9 Å². The van der Waals surface area contributed by atoms with Crippen molar-refractivity contribution in [3.8, 4) is 0 Å². The lowest BCUT2D eigenvalue weighted by atomic mass is 10.3. The molecule has 0 heterocycles. The van der Waals surface area contributed by atoms with Crippen molar-refractivity contribution < 1.29 is 27.7 Å². The van der Waals surface area contributed by atoms with Crippen LogP contribution < -0.4 is 11.5 Å². The molecule has 0 aliphatic heterocycles. The largest absolute Gasteiger partial charge is 0.394 e. The molecule has 25 heavy (non-hydrogen) atoms. The smallest absolute Gasteiger partial charge is 0.392 e. The van der Waals surface area contributed by atoms with Crippen molar-refractivity contribution in [3.05, 3.63) is 0 Å². The normalized spacial score (nSPS) is 28.3. The molecule has 0 aromatic heterocycles. The molecule has 2 saturated carbocycles. The Hall–Kier alpha value is -0.570. The summed E-state index contributed by atoms with van der Waals surface area (Å²) in [5, 5.41) is 33.1. The van der Waals surface area contributed by atoms with Crippen LogP contribution in [0.15, 0.2) is 0 Å². The van der Waals surface area contributed by atoms with E-state index >= 15 is 0 Å². The van der Waals surface area contributed by atoms with Crippen LogP contribution in [0.1, 0.15) is 38.5 Å². The summed E-state index contributed by atoms with van der Waals surface area (Å²) in [4.78, 5) is 0. The second-order valence-corrected chi connectivity index (χ2v) is 8.94. The van der Waals surface area contributed by atoms with Crippen LogP contribution in [-0.4, -0.2) is 60.8 Å². The number of hydrogen-bond donors (Lipinski definition) is 8. The lowest BCUT2D eigenvalue weighted by molar-refractivity contribution is 0.188. The van der Waals surface area contributed by atoms with E-state index in [2.05, 4.69) is 0 Å². The number of aliphatic hydroxyl groups is 2. The van der Waals surface area contributed by atoms with E-state index in [1.807, 2.05) is 0 Å². The molecule has 4 atom stereocenters. The van der Waals surface area contributed by atoms with Crippen LogP contribution in [0.25, 0.3) is 0 Å². The summed E-state index contributed by atoms with van der Waals surface area (Å²) < 4.78 is 31.6. The van der Waals surface area contributed by atoms with Crippen molar-refractivity contribution in [1.29, 1.82) is 10.8 Å². The highest BCUT2D eigenvalue weighted by molar-refractivity contribution is 8.14. The molecule has 2 aliphatic rings. The fourth-order valence-electron chi connectivity index (χ4n) is 2.41. The molecule has 0 amide bonds. The highest BCUT2D eigenvalue weighted by atomic mass is 32.3. The summed E-state index contributed by atoms with van der Waals surface area (Å²) in [6, 6.07) is 0. The van der Waals surface area contributed by atoms with E-state index in [9.17, 15) is 10.2 Å². The number of rotatable bonds is 2. The third kappa shape index (κ3) is 14.3. The Morgan fingerprint density at radius 2 is 1.12 bits per heavy atom. The van der Waals surface area contributed by atoms with Gasteiger partial charge in [0, 0.05) is 10.5 Å². The number of hydrogen-bond acceptors (Lipinski definition) is 8. The van der Waals surface area contributed by atoms with Crippen LogP contribution >= 0.6 is 23.5 Å². The third-order valence-electron chi connectivity index (χ3n) is 3.39. The van der Waals surface area contributed by atoms with Gasteiger partial charge >= 0.3 is 10.4 Å². The van der Waals surface area contributed by atoms with E-state index in [1.54, 1.807) is 0 Å². The predicted octanol–water partition coefficient (Wildman–Crippen LogP) is 0.400. The quantitative estimate of drug-likeness (QED) is 0.175. The van der Waals surface area contributed by atoms with Gasteiger partial charge in [0.15, 0.2) is 10.3 Å². The highest BCUT2D eigenvalue weighted by Crippen LogP contribution is 2.30. The number of amidine groups is 2. The first-order chi connectivity index (χ1) is 11.4. The zero-order valence-corrected chi connectivity index (χ0v) is 16.0. The van der Waals surface area contributed by atoms with Crippen LogP contribution in [-0.2, 0) is 10.4 Å². The Morgan fingerprint density at radius 3 is 1.28 bits per heavy atom. The van der Waals surface area contributed by atoms with Gasteiger partial charge < -0.3 is 21.7 Å². The van der Waals surface area contributed by atoms with Crippen molar-refractivity contribution in [2.45, 2.75) is 61.2 Å². The minimum Gasteiger partial charge on any atom is -0.392 e. The molecule has 148 valence electrons. The molecular weight excluding hydrogens is 392 g/mol. The zero-order chi connectivity index (χ0) is 19.6. The molecule has 10 N–H and O–H groups in total. The molecule has 0 saturated heterocycles. The molecule has 2 aliphatic carbocycles. The van der Waals surface area contributed by atoms with Crippen molar-refractivity contribution >= 4 is 44.3 Å². The van der Waals surface area contributed by atoms with Gasteiger partial charge in [0.25, 0.3) is 0 Å². The van der Waals surface area contributed by atoms with Crippen molar-refractivity contribution in [1.82, 2.24) is 0 Å². The monoisotopic (exact) mass is 418 g/mol. The third-order valence-corrected chi connectivity index (χ3v) is 5.61. The van der Waals surface area contributed by atoms with Gasteiger partial charge in [0.05, 0.1) is 12.2 Å². The first-order valence-electron chi connectivity index (χ1n) is 7.47. The molecule has 10 nitrogen and oxygen atoms in total. The van der Waals surface area contributed by atoms with E-state index in [0.717, 1.165) is 38.5 Å². The standard InChI is InChI=1S/2C6H12N2OS.H2O4S/c2*7-6(8)10-5-3-1-2-4(5)9;1-5(2,3)4/h2*4-5,9H,1-3H2,(H3,7,8);(H2,1,2,3,4)/t2*4-,5-;/m11./s1. The van der Waals surface area contributed by atoms with Crippen LogP contribution in [0.4, 0.5) is 0 Å². The second-order valence-electron chi connectivity index (χ2n) is 5.49. The second kappa shape index (κ2) is 11.9. The molecule has 0 unspecified atom stereocenters. The van der Waals surface area contributed by atoms with Gasteiger partial charge in [-0.15, -0.1) is 0 Å². The van der Waals surface area contributed by atoms with Crippen molar-refractivity contribution in [2.24, 2.45) is 11.5 Å². The summed E-state index contributed by atoms with van der Waals surface area (Å²) in [5.41, 5.74) is 10.3. The lowest BCUT2D eigenvalue weighted by Gasteiger charge is -2.11. The Morgan fingerprint density at radius 1 is 0.840 bits per heavy atom. The van der Waals surface area contributed by atoms with Gasteiger partial charge in [-0.25, -0.2) is 0 Å². The Balaban J connectivity index is 0.000000368. The van der Waals surface area contributed by atoms with E-state index in [-0.39, 0.29) is 33.0 Å². The van der Waals surface area contributed by atoms with Crippen LogP contribution in [0.2, 0.25) is 0 Å². The summed E-state index contributed by atoms with van der Waals surface area (Å²) >= 11 is 2.56. The highest BCUT2D eigenvalue weighted by Gasteiger charge is 2.26. The van der Waals surface area contributed by atoms with Gasteiger partial charge in [-0.1, -0.05) is 23.5 Å². The van der Waals surface area contributed by atoms with E-state index in [4.69, 9.17) is 39.8 Å². The maximum atomic E-state index is 9.26. The first-order valence-corrected chi connectivity index (χ1v) is 10.6. The molecule has 0 bridgehead atoms. The topological polar surface area (TPSA) is 215 Å². The molecular formula is C12H26N4O6S3. The Kier molecular flexibility index (Phi) is 11.7. The van der Waals surface area contributed by atoms with Gasteiger partial charge in [0.2, 0.25) is 0 Å². The molecule has 0 radical (unpaired) electrons. The molecule has 2 rings (SSSR count). The van der Waals surface area contributed by atoms with E-state index in [0.29, 0.717) is 0 Å². The molecule has 0 aromatic carbocycles. The number of aliphatic hydroxyl groups excluding tert-OH is 2. The SMILES string of the molecule is N=C(N)S[C@@H]1CCC[C@H]1O.N=C(N)S[C@@H]1CCC[C@H]1O.O=S(=O)(O)O. The summed E-state index contributed by atoms with van der Waals surface area (Å²) in [7, 11) is -4.67. The first kappa shape index (κ1) is 24.4. The lowest BCUT2D eigenvalue weighted by Crippen LogP contribution is -2.19. The average molecular weight is 419 g/mol. The maximum absolute atomic E-state index is 9.26. The van der Waals surface area contributed by atoms with Crippen LogP contribution in [0.5, 0.6) is 0 Å². The minimum absolute atomic E-state index is 0.117. The average Bonchev–Trinajstić information content (AvgIpc) is 2.98. The van der Waals surface area contributed by atoms with Gasteiger partial charge in [0.1, 0.15) is 0 Å². The number of thioether (sulfide) groups is 2. The van der Waals surface area contributed by atoms with Crippen molar-refractivity contribution in [3.63, 3.8) is 0 Å². The Labute approximate surface area is 155 Å². The zero-order valence-electron chi connectivity index (χ0n) is 13.5. The van der Waals surface area contributed by atoms with Crippen LogP contribution in [0, 0.1) is 10.8 Å².